The summed E-state index contributed by atoms with van der Waals surface area (Å²) in [7, 11) is 0. The Balaban J connectivity index is 1.49. The molecule has 5 heterocycles. The van der Waals surface area contributed by atoms with Crippen LogP contribution in [0.3, 0.4) is 0 Å². The number of pyridine rings is 1. The molecule has 0 spiro atoms. The Hall–Kier alpha value is -3.50. The molecular formula is C21H12ClF2N7S. The van der Waals surface area contributed by atoms with Crippen molar-refractivity contribution in [1.29, 1.82) is 0 Å². The number of alkyl halides is 2. The van der Waals surface area contributed by atoms with E-state index in [1.54, 1.807) is 29.9 Å². The van der Waals surface area contributed by atoms with Crippen LogP contribution < -0.4 is 0 Å². The van der Waals surface area contributed by atoms with Gasteiger partial charge in [0.2, 0.25) is 0 Å². The number of aromatic nitrogens is 7. The molecule has 0 aliphatic carbocycles. The van der Waals surface area contributed by atoms with E-state index in [4.69, 9.17) is 11.6 Å². The van der Waals surface area contributed by atoms with Crippen LogP contribution in [0.5, 0.6) is 0 Å². The Morgan fingerprint density at radius 3 is 2.72 bits per heavy atom. The van der Waals surface area contributed by atoms with Gasteiger partial charge in [-0.25, -0.2) is 28.2 Å². The van der Waals surface area contributed by atoms with Gasteiger partial charge in [-0.2, -0.15) is 5.10 Å². The number of rotatable bonds is 3. The summed E-state index contributed by atoms with van der Waals surface area (Å²) in [6.45, 7) is 1.78. The monoisotopic (exact) mass is 467 g/mol. The number of nitrogens with one attached hydrogen (secondary N) is 1. The molecule has 1 aromatic carbocycles. The van der Waals surface area contributed by atoms with E-state index >= 15 is 0 Å². The Bertz CT molecular complexity index is 1640. The molecule has 7 nitrogen and oxygen atoms in total. The number of fused-ring (bicyclic) bond motifs is 5. The highest BCUT2D eigenvalue weighted by atomic mass is 35.5. The van der Waals surface area contributed by atoms with Crippen molar-refractivity contribution in [3.63, 3.8) is 0 Å². The highest BCUT2D eigenvalue weighted by Crippen LogP contribution is 2.37. The van der Waals surface area contributed by atoms with Crippen molar-refractivity contribution in [2.45, 2.75) is 13.3 Å². The molecule has 0 saturated heterocycles. The first-order valence-electron chi connectivity index (χ1n) is 9.53. The van der Waals surface area contributed by atoms with Crippen molar-refractivity contribution >= 4 is 49.0 Å². The first kappa shape index (κ1) is 19.2. The Kier molecular flexibility index (Phi) is 4.21. The normalized spacial score (nSPS) is 12.0. The molecule has 0 atom stereocenters. The summed E-state index contributed by atoms with van der Waals surface area (Å²) < 4.78 is 28.7. The molecule has 0 unspecified atom stereocenters. The third-order valence-electron chi connectivity index (χ3n) is 5.17. The number of thiophene rings is 1. The summed E-state index contributed by atoms with van der Waals surface area (Å²) in [5.41, 5.74) is 4.00. The molecule has 0 aliphatic heterocycles. The van der Waals surface area contributed by atoms with Gasteiger partial charge in [-0.1, -0.05) is 23.7 Å². The molecular weight excluding hydrogens is 456 g/mol. The number of halogens is 3. The van der Waals surface area contributed by atoms with E-state index in [-0.39, 0.29) is 5.69 Å². The molecule has 158 valence electrons. The summed E-state index contributed by atoms with van der Waals surface area (Å²) in [4.78, 5) is 13.8. The second-order valence-corrected chi connectivity index (χ2v) is 8.68. The summed E-state index contributed by atoms with van der Waals surface area (Å²) in [6, 6.07) is 10.6. The molecule has 5 aromatic heterocycles. The lowest BCUT2D eigenvalue weighted by molar-refractivity contribution is 0.146. The summed E-state index contributed by atoms with van der Waals surface area (Å²) in [5.74, 6) is 0.447. The Labute approximate surface area is 187 Å². The van der Waals surface area contributed by atoms with Gasteiger partial charge in [0, 0.05) is 16.0 Å². The standard InChI is InChI=1S/C21H12ClF2N7S/c1-9-6-13(18(23)24)26-21-15(9)16-17(32-21)20-27-19(30-31(20)8-25-16)14-7-12(28-29-14)10-2-4-11(22)5-3-10/h2-8,18H,1H3,(H,28,29). The predicted molar refractivity (Wildman–Crippen MR) is 119 cm³/mol. The van der Waals surface area contributed by atoms with Gasteiger partial charge in [-0.05, 0) is 36.8 Å². The first-order chi connectivity index (χ1) is 15.5. The van der Waals surface area contributed by atoms with Gasteiger partial charge in [-0.3, -0.25) is 5.10 Å². The Morgan fingerprint density at radius 1 is 1.12 bits per heavy atom. The van der Waals surface area contributed by atoms with Gasteiger partial charge in [0.25, 0.3) is 6.43 Å². The number of benzene rings is 1. The van der Waals surface area contributed by atoms with Crippen molar-refractivity contribution in [1.82, 2.24) is 34.8 Å². The SMILES string of the molecule is Cc1cc(C(F)F)nc2sc3c(ncn4nc(-c5cc(-c6ccc(Cl)cc6)n[nH]5)nc34)c12. The molecule has 1 N–H and O–H groups in total. The van der Waals surface area contributed by atoms with Crippen molar-refractivity contribution in [3.05, 3.63) is 59.0 Å². The number of H-pyrrole nitrogens is 1. The number of aryl methyl sites for hydroxylation is 1. The van der Waals surface area contributed by atoms with E-state index in [2.05, 4.69) is 30.2 Å². The van der Waals surface area contributed by atoms with Gasteiger partial charge < -0.3 is 0 Å². The fourth-order valence-corrected chi connectivity index (χ4v) is 4.98. The molecule has 0 saturated carbocycles. The zero-order chi connectivity index (χ0) is 22.0. The number of nitrogens with zero attached hydrogens (tertiary/aromatic N) is 6. The van der Waals surface area contributed by atoms with Crippen LogP contribution in [0.2, 0.25) is 5.02 Å². The zero-order valence-corrected chi connectivity index (χ0v) is 17.9. The third-order valence-corrected chi connectivity index (χ3v) is 6.49. The Morgan fingerprint density at radius 2 is 1.94 bits per heavy atom. The average molecular weight is 468 g/mol. The molecule has 32 heavy (non-hydrogen) atoms. The van der Waals surface area contributed by atoms with Crippen molar-refractivity contribution in [2.24, 2.45) is 0 Å². The van der Waals surface area contributed by atoms with E-state index < -0.39 is 6.43 Å². The predicted octanol–water partition coefficient (Wildman–Crippen LogP) is 5.84. The summed E-state index contributed by atoms with van der Waals surface area (Å²) in [5, 5.41) is 13.2. The maximum atomic E-state index is 13.2. The maximum absolute atomic E-state index is 13.2. The zero-order valence-electron chi connectivity index (χ0n) is 16.3. The first-order valence-corrected chi connectivity index (χ1v) is 10.7. The van der Waals surface area contributed by atoms with E-state index in [9.17, 15) is 8.78 Å². The van der Waals surface area contributed by atoms with Crippen LogP contribution in [0, 0.1) is 6.92 Å². The lowest BCUT2D eigenvalue weighted by Gasteiger charge is -2.01. The second-order valence-electron chi connectivity index (χ2n) is 7.25. The second kappa shape index (κ2) is 7.01. The van der Waals surface area contributed by atoms with Gasteiger partial charge >= 0.3 is 0 Å². The van der Waals surface area contributed by atoms with E-state index in [1.165, 1.54) is 17.4 Å². The molecule has 6 rings (SSSR count). The molecule has 0 amide bonds. The van der Waals surface area contributed by atoms with Crippen LogP contribution in [0.4, 0.5) is 8.78 Å². The number of hydrogen-bond acceptors (Lipinski definition) is 6. The van der Waals surface area contributed by atoms with Crippen LogP contribution in [0.1, 0.15) is 17.7 Å². The van der Waals surface area contributed by atoms with Crippen LogP contribution >= 0.6 is 22.9 Å². The maximum Gasteiger partial charge on any atom is 0.280 e. The number of hydrogen-bond donors (Lipinski definition) is 1. The fourth-order valence-electron chi connectivity index (χ4n) is 3.66. The van der Waals surface area contributed by atoms with E-state index in [0.29, 0.717) is 38.1 Å². The molecule has 6 aromatic rings. The fraction of sp³-hybridized carbons (Fsp3) is 0.0952. The van der Waals surface area contributed by atoms with Gasteiger partial charge in [0.1, 0.15) is 27.2 Å². The van der Waals surface area contributed by atoms with Gasteiger partial charge in [-0.15, -0.1) is 16.4 Å². The molecule has 0 bridgehead atoms. The van der Waals surface area contributed by atoms with Crippen LogP contribution in [0.15, 0.2) is 42.7 Å². The number of aromatic amines is 1. The molecule has 0 aliphatic rings. The third kappa shape index (κ3) is 2.94. The summed E-state index contributed by atoms with van der Waals surface area (Å²) in [6.07, 6.45) is -1.07. The minimum absolute atomic E-state index is 0.244. The van der Waals surface area contributed by atoms with Crippen LogP contribution in [-0.2, 0) is 0 Å². The lowest BCUT2D eigenvalue weighted by Crippen LogP contribution is -1.92. The van der Waals surface area contributed by atoms with Crippen LogP contribution in [0.25, 0.3) is 48.9 Å². The van der Waals surface area contributed by atoms with Crippen molar-refractivity contribution in [3.8, 4) is 22.8 Å². The lowest BCUT2D eigenvalue weighted by atomic mass is 10.1. The van der Waals surface area contributed by atoms with E-state index in [0.717, 1.165) is 21.3 Å². The van der Waals surface area contributed by atoms with Crippen molar-refractivity contribution < 1.29 is 8.78 Å². The minimum Gasteiger partial charge on any atom is -0.274 e. The van der Waals surface area contributed by atoms with Crippen LogP contribution in [-0.4, -0.2) is 34.8 Å². The highest BCUT2D eigenvalue weighted by molar-refractivity contribution is 7.26. The molecule has 0 radical (unpaired) electrons. The highest BCUT2D eigenvalue weighted by Gasteiger charge is 2.20. The largest absolute Gasteiger partial charge is 0.280 e. The minimum atomic E-state index is -2.63. The van der Waals surface area contributed by atoms with Gasteiger partial charge in [0.15, 0.2) is 11.5 Å². The quantitative estimate of drug-likeness (QED) is 0.353. The average Bonchev–Trinajstić information content (AvgIpc) is 3.49. The molecule has 11 heteroatoms. The smallest absolute Gasteiger partial charge is 0.274 e. The topological polar surface area (TPSA) is 84.6 Å². The van der Waals surface area contributed by atoms with E-state index in [1.807, 2.05) is 18.2 Å². The summed E-state index contributed by atoms with van der Waals surface area (Å²) >= 11 is 7.24. The van der Waals surface area contributed by atoms with Gasteiger partial charge in [0.05, 0.1) is 11.2 Å². The van der Waals surface area contributed by atoms with Crippen molar-refractivity contribution in [2.75, 3.05) is 0 Å². The molecule has 0 fully saturated rings.